The number of aromatic nitrogens is 2. The first-order valence-corrected chi connectivity index (χ1v) is 11.4. The summed E-state index contributed by atoms with van der Waals surface area (Å²) in [5, 5.41) is 3.36. The Bertz CT molecular complexity index is 1690. The molecule has 0 aliphatic carbocycles. The molecular formula is C32H20IrN2O-2. The summed E-state index contributed by atoms with van der Waals surface area (Å²) in [6.45, 7) is 0. The molecular weight excluding hydrogens is 621 g/mol. The number of pyridine rings is 2. The molecule has 0 unspecified atom stereocenters. The van der Waals surface area contributed by atoms with E-state index in [0.29, 0.717) is 0 Å². The summed E-state index contributed by atoms with van der Waals surface area (Å²) in [6, 6.07) is 44.3. The summed E-state index contributed by atoms with van der Waals surface area (Å²) in [4.78, 5) is 9.06. The largest absolute Gasteiger partial charge is 0.464 e. The van der Waals surface area contributed by atoms with Gasteiger partial charge in [-0.3, -0.25) is 4.98 Å². The normalized spacial score (nSPS) is 10.6. The van der Waals surface area contributed by atoms with Crippen LogP contribution in [-0.4, -0.2) is 9.97 Å². The molecule has 3 aromatic heterocycles. The van der Waals surface area contributed by atoms with Crippen LogP contribution in [0.3, 0.4) is 0 Å². The topological polar surface area (TPSA) is 38.9 Å². The molecule has 0 spiro atoms. The molecule has 0 N–H and O–H groups in total. The van der Waals surface area contributed by atoms with Crippen molar-refractivity contribution >= 4 is 32.8 Å². The van der Waals surface area contributed by atoms with Gasteiger partial charge in [0.25, 0.3) is 0 Å². The van der Waals surface area contributed by atoms with Crippen molar-refractivity contribution in [2.24, 2.45) is 0 Å². The second-order valence-corrected chi connectivity index (χ2v) is 8.05. The maximum Gasteiger partial charge on any atom is 0.134 e. The van der Waals surface area contributed by atoms with Gasteiger partial charge in [0.15, 0.2) is 0 Å². The number of furan rings is 1. The number of fused-ring (bicyclic) bond motifs is 5. The standard InChI is InChI=1S/C21H12NO.C11H8N.Ir/c1-2-8-14(9-3-1)20-21-19(15-10-4-6-12-17(15)22-20)16-11-5-7-13-18(16)23-21;1-2-6-10(7-3-1)11-8-4-5-9-12-11;/h1-8,10-13H;1-6,8-9H;/q2*-1;. The van der Waals surface area contributed by atoms with Crippen LogP contribution in [0.15, 0.2) is 126 Å². The molecule has 0 aliphatic heterocycles. The van der Waals surface area contributed by atoms with Crippen molar-refractivity contribution in [3.63, 3.8) is 0 Å². The minimum absolute atomic E-state index is 0. The molecule has 7 rings (SSSR count). The first kappa shape index (κ1) is 23.6. The van der Waals surface area contributed by atoms with Crippen molar-refractivity contribution in [2.45, 2.75) is 0 Å². The average molecular weight is 641 g/mol. The SMILES string of the molecule is [Ir].[c-]1ccccc1-c1ccccn1.[c-]1ccccc1-c1nc2ccccc2c2c1oc1ccccc12. The molecule has 0 fully saturated rings. The molecule has 1 radical (unpaired) electrons. The third-order valence-electron chi connectivity index (χ3n) is 5.83. The molecule has 0 atom stereocenters. The number of nitrogens with zero attached hydrogens (tertiary/aromatic N) is 2. The third-order valence-corrected chi connectivity index (χ3v) is 5.83. The second-order valence-electron chi connectivity index (χ2n) is 8.05. The molecule has 0 aliphatic rings. The molecule has 0 saturated heterocycles. The molecule has 3 heterocycles. The molecule has 4 heteroatoms. The van der Waals surface area contributed by atoms with E-state index in [-0.39, 0.29) is 20.1 Å². The van der Waals surface area contributed by atoms with Crippen molar-refractivity contribution < 1.29 is 24.5 Å². The van der Waals surface area contributed by atoms with Gasteiger partial charge in [-0.25, -0.2) is 0 Å². The number of rotatable bonds is 2. The number of benzene rings is 4. The van der Waals surface area contributed by atoms with E-state index in [4.69, 9.17) is 9.40 Å². The Hall–Kier alpha value is -4.11. The Labute approximate surface area is 222 Å². The minimum Gasteiger partial charge on any atom is -0.464 e. The van der Waals surface area contributed by atoms with Crippen LogP contribution in [0.4, 0.5) is 0 Å². The summed E-state index contributed by atoms with van der Waals surface area (Å²) >= 11 is 0. The van der Waals surface area contributed by atoms with Crippen LogP contribution in [0.2, 0.25) is 0 Å². The molecule has 0 amide bonds. The van der Waals surface area contributed by atoms with Crippen LogP contribution in [0.25, 0.3) is 55.4 Å². The van der Waals surface area contributed by atoms with E-state index in [1.54, 1.807) is 6.20 Å². The van der Waals surface area contributed by atoms with Gasteiger partial charge >= 0.3 is 0 Å². The summed E-state index contributed by atoms with van der Waals surface area (Å²) < 4.78 is 6.16. The number of hydrogen-bond donors (Lipinski definition) is 0. The molecule has 0 saturated carbocycles. The van der Waals surface area contributed by atoms with Crippen molar-refractivity contribution in [3.8, 4) is 22.5 Å². The van der Waals surface area contributed by atoms with Crippen molar-refractivity contribution in [1.82, 2.24) is 9.97 Å². The van der Waals surface area contributed by atoms with Gasteiger partial charge in [0.2, 0.25) is 0 Å². The van der Waals surface area contributed by atoms with Gasteiger partial charge in [0, 0.05) is 48.2 Å². The van der Waals surface area contributed by atoms with Crippen LogP contribution < -0.4 is 0 Å². The fourth-order valence-electron chi connectivity index (χ4n) is 4.23. The van der Waals surface area contributed by atoms with Gasteiger partial charge in [0.05, 0.1) is 5.52 Å². The smallest absolute Gasteiger partial charge is 0.134 e. The quantitative estimate of drug-likeness (QED) is 0.179. The Morgan fingerprint density at radius 3 is 2.00 bits per heavy atom. The summed E-state index contributed by atoms with van der Waals surface area (Å²) in [5.41, 5.74) is 6.48. The van der Waals surface area contributed by atoms with Crippen LogP contribution in [0, 0.1) is 12.1 Å². The van der Waals surface area contributed by atoms with E-state index >= 15 is 0 Å². The monoisotopic (exact) mass is 641 g/mol. The van der Waals surface area contributed by atoms with Crippen molar-refractivity contribution in [3.05, 3.63) is 134 Å². The second kappa shape index (κ2) is 10.7. The van der Waals surface area contributed by atoms with Gasteiger partial charge < -0.3 is 9.40 Å². The Kier molecular flexibility index (Phi) is 6.99. The van der Waals surface area contributed by atoms with Crippen molar-refractivity contribution in [1.29, 1.82) is 0 Å². The molecule has 36 heavy (non-hydrogen) atoms. The molecule has 4 aromatic carbocycles. The first-order valence-electron chi connectivity index (χ1n) is 11.4. The van der Waals surface area contributed by atoms with E-state index in [9.17, 15) is 0 Å². The third kappa shape index (κ3) is 4.57. The Balaban J connectivity index is 0.000000175. The fraction of sp³-hybridized carbons (Fsp3) is 0. The van der Waals surface area contributed by atoms with Gasteiger partial charge in [-0.2, -0.15) is 0 Å². The zero-order chi connectivity index (χ0) is 23.5. The van der Waals surface area contributed by atoms with Gasteiger partial charge in [-0.15, -0.1) is 71.8 Å². The van der Waals surface area contributed by atoms with E-state index < -0.39 is 0 Å². The fourth-order valence-corrected chi connectivity index (χ4v) is 4.23. The molecule has 3 nitrogen and oxygen atoms in total. The van der Waals surface area contributed by atoms with Gasteiger partial charge in [-0.05, 0) is 23.9 Å². The zero-order valence-corrected chi connectivity index (χ0v) is 21.6. The maximum atomic E-state index is 6.16. The zero-order valence-electron chi connectivity index (χ0n) is 19.2. The van der Waals surface area contributed by atoms with Crippen LogP contribution in [-0.2, 0) is 20.1 Å². The average Bonchev–Trinajstić information content (AvgIpc) is 3.34. The number of hydrogen-bond acceptors (Lipinski definition) is 3. The van der Waals surface area contributed by atoms with Crippen LogP contribution in [0.1, 0.15) is 0 Å². The predicted molar refractivity (Wildman–Crippen MR) is 142 cm³/mol. The van der Waals surface area contributed by atoms with Gasteiger partial charge in [0.1, 0.15) is 11.2 Å². The van der Waals surface area contributed by atoms with Crippen LogP contribution >= 0.6 is 0 Å². The Morgan fingerprint density at radius 1 is 0.611 bits per heavy atom. The predicted octanol–water partition coefficient (Wildman–Crippen LogP) is 8.15. The summed E-state index contributed by atoms with van der Waals surface area (Å²) in [6.07, 6.45) is 1.79. The van der Waals surface area contributed by atoms with Gasteiger partial charge in [-0.1, -0.05) is 48.5 Å². The first-order chi connectivity index (χ1) is 17.4. The maximum absolute atomic E-state index is 6.16. The molecule has 175 valence electrons. The minimum atomic E-state index is 0. The summed E-state index contributed by atoms with van der Waals surface area (Å²) in [7, 11) is 0. The summed E-state index contributed by atoms with van der Waals surface area (Å²) in [5.74, 6) is 0. The van der Waals surface area contributed by atoms with E-state index in [2.05, 4.69) is 29.2 Å². The Morgan fingerprint density at radius 2 is 1.28 bits per heavy atom. The molecule has 7 aromatic rings. The van der Waals surface area contributed by atoms with E-state index in [0.717, 1.165) is 55.4 Å². The van der Waals surface area contributed by atoms with E-state index in [1.807, 2.05) is 103 Å². The number of para-hydroxylation sites is 2. The van der Waals surface area contributed by atoms with Crippen LogP contribution in [0.5, 0.6) is 0 Å². The van der Waals surface area contributed by atoms with E-state index in [1.165, 1.54) is 0 Å². The molecule has 0 bridgehead atoms. The van der Waals surface area contributed by atoms with Crippen molar-refractivity contribution in [2.75, 3.05) is 0 Å².